The summed E-state index contributed by atoms with van der Waals surface area (Å²) in [5.41, 5.74) is 10.4. The van der Waals surface area contributed by atoms with Gasteiger partial charge in [0.2, 0.25) is 0 Å². The third-order valence-electron chi connectivity index (χ3n) is 9.39. The van der Waals surface area contributed by atoms with Crippen LogP contribution in [0, 0.1) is 0 Å². The Bertz CT molecular complexity index is 2590. The fourth-order valence-corrected chi connectivity index (χ4v) is 7.38. The van der Waals surface area contributed by atoms with Gasteiger partial charge in [0, 0.05) is 32.6 Å². The number of furan rings is 1. The average molecular weight is 581 g/mol. The van der Waals surface area contributed by atoms with E-state index in [0.717, 1.165) is 22.4 Å². The summed E-state index contributed by atoms with van der Waals surface area (Å²) in [5.74, 6) is 0.944. The molecule has 0 fully saturated rings. The van der Waals surface area contributed by atoms with E-state index in [-0.39, 0.29) is 6.29 Å². The first-order valence-corrected chi connectivity index (χ1v) is 15.4. The van der Waals surface area contributed by atoms with Crippen molar-refractivity contribution in [3.05, 3.63) is 145 Å². The van der Waals surface area contributed by atoms with Gasteiger partial charge in [-0.15, -0.1) is 0 Å². The molecule has 5 heteroatoms. The van der Waals surface area contributed by atoms with Crippen LogP contribution in [0.3, 0.4) is 0 Å². The summed E-state index contributed by atoms with van der Waals surface area (Å²) in [6.07, 6.45) is -0.118. The first-order valence-electron chi connectivity index (χ1n) is 15.4. The van der Waals surface area contributed by atoms with Gasteiger partial charge in [-0.05, 0) is 71.8 Å². The standard InChI is InChI=1S/C40H28N4O/c1-2-10-27(11-3-1)43-33-15-7-4-12-28(33)31-22-25(18-20-35(31)43)26-19-21-36-32(23-26)29-13-5-8-16-34(29)44(36)40-41-24-38-39(42-40)30-14-6-9-17-37(30)45-38/h1-23,40-42H,24H2. The number of nitrogens with one attached hydrogen (secondary N) is 2. The first-order chi connectivity index (χ1) is 22.3. The molecule has 45 heavy (non-hydrogen) atoms. The number of hydrogen-bond acceptors (Lipinski definition) is 3. The van der Waals surface area contributed by atoms with Gasteiger partial charge >= 0.3 is 0 Å². The van der Waals surface area contributed by atoms with Crippen LogP contribution in [0.2, 0.25) is 0 Å². The van der Waals surface area contributed by atoms with Crippen molar-refractivity contribution < 1.29 is 4.42 Å². The van der Waals surface area contributed by atoms with E-state index in [1.54, 1.807) is 0 Å². The fourth-order valence-electron chi connectivity index (χ4n) is 7.38. The summed E-state index contributed by atoms with van der Waals surface area (Å²) in [5, 5.41) is 13.6. The van der Waals surface area contributed by atoms with E-state index in [1.165, 1.54) is 60.4 Å². The molecule has 0 amide bonds. The van der Waals surface area contributed by atoms with E-state index in [9.17, 15) is 0 Å². The predicted octanol–water partition coefficient (Wildman–Crippen LogP) is 9.98. The molecule has 10 rings (SSSR count). The second kappa shape index (κ2) is 9.36. The second-order valence-corrected chi connectivity index (χ2v) is 11.9. The van der Waals surface area contributed by atoms with Crippen LogP contribution in [0.15, 0.2) is 144 Å². The van der Waals surface area contributed by atoms with E-state index < -0.39 is 0 Å². The molecule has 4 heterocycles. The van der Waals surface area contributed by atoms with Gasteiger partial charge in [-0.3, -0.25) is 5.32 Å². The van der Waals surface area contributed by atoms with Crippen LogP contribution in [0.4, 0.5) is 5.69 Å². The van der Waals surface area contributed by atoms with Gasteiger partial charge in [0.05, 0.1) is 34.3 Å². The number of anilines is 1. The van der Waals surface area contributed by atoms with Crippen molar-refractivity contribution in [1.29, 1.82) is 0 Å². The maximum atomic E-state index is 6.14. The largest absolute Gasteiger partial charge is 0.457 e. The molecule has 3 aromatic heterocycles. The zero-order chi connectivity index (χ0) is 29.5. The van der Waals surface area contributed by atoms with Gasteiger partial charge in [0.15, 0.2) is 6.29 Å². The smallest absolute Gasteiger partial charge is 0.160 e. The van der Waals surface area contributed by atoms with Gasteiger partial charge < -0.3 is 18.9 Å². The van der Waals surface area contributed by atoms with E-state index in [4.69, 9.17) is 4.42 Å². The van der Waals surface area contributed by atoms with Crippen LogP contribution in [-0.4, -0.2) is 9.13 Å². The van der Waals surface area contributed by atoms with Crippen molar-refractivity contribution >= 4 is 60.3 Å². The van der Waals surface area contributed by atoms with Crippen LogP contribution < -0.4 is 10.6 Å². The Kier molecular flexibility index (Phi) is 5.12. The Labute approximate surface area is 258 Å². The van der Waals surface area contributed by atoms with Crippen molar-refractivity contribution in [2.24, 2.45) is 0 Å². The summed E-state index contributed by atoms with van der Waals surface area (Å²) < 4.78 is 10.9. The van der Waals surface area contributed by atoms with Crippen molar-refractivity contribution in [3.8, 4) is 16.8 Å². The quantitative estimate of drug-likeness (QED) is 0.219. The van der Waals surface area contributed by atoms with Crippen LogP contribution >= 0.6 is 0 Å². The highest BCUT2D eigenvalue weighted by Crippen LogP contribution is 2.40. The van der Waals surface area contributed by atoms with Crippen molar-refractivity contribution in [2.75, 3.05) is 5.32 Å². The second-order valence-electron chi connectivity index (χ2n) is 11.9. The number of rotatable bonds is 3. The molecule has 5 nitrogen and oxygen atoms in total. The number of nitrogens with zero attached hydrogens (tertiary/aromatic N) is 2. The monoisotopic (exact) mass is 580 g/mol. The minimum atomic E-state index is -0.118. The van der Waals surface area contributed by atoms with Crippen molar-refractivity contribution in [3.63, 3.8) is 0 Å². The Morgan fingerprint density at radius 1 is 0.533 bits per heavy atom. The maximum absolute atomic E-state index is 6.14. The Morgan fingerprint density at radius 2 is 1.11 bits per heavy atom. The fraction of sp³-hybridized carbons (Fsp3) is 0.0500. The zero-order valence-corrected chi connectivity index (χ0v) is 24.4. The van der Waals surface area contributed by atoms with E-state index in [1.807, 2.05) is 12.1 Å². The van der Waals surface area contributed by atoms with Crippen LogP contribution in [0.5, 0.6) is 0 Å². The predicted molar refractivity (Wildman–Crippen MR) is 185 cm³/mol. The molecule has 0 radical (unpaired) electrons. The first kappa shape index (κ1) is 24.6. The minimum Gasteiger partial charge on any atom is -0.457 e. The van der Waals surface area contributed by atoms with E-state index in [2.05, 4.69) is 147 Å². The molecule has 1 aliphatic heterocycles. The van der Waals surface area contributed by atoms with Gasteiger partial charge in [0.25, 0.3) is 0 Å². The minimum absolute atomic E-state index is 0.118. The summed E-state index contributed by atoms with van der Waals surface area (Å²) in [7, 11) is 0. The highest BCUT2D eigenvalue weighted by molar-refractivity contribution is 6.12. The van der Waals surface area contributed by atoms with Crippen LogP contribution in [0.1, 0.15) is 12.0 Å². The highest BCUT2D eigenvalue weighted by Gasteiger charge is 2.26. The van der Waals surface area contributed by atoms with Gasteiger partial charge in [0.1, 0.15) is 11.3 Å². The topological polar surface area (TPSA) is 47.1 Å². The lowest BCUT2D eigenvalue weighted by Crippen LogP contribution is -2.36. The van der Waals surface area contributed by atoms with Crippen LogP contribution in [0.25, 0.3) is 71.4 Å². The molecule has 2 N–H and O–H groups in total. The molecule has 0 bridgehead atoms. The number of benzene rings is 6. The lowest BCUT2D eigenvalue weighted by Gasteiger charge is -2.28. The highest BCUT2D eigenvalue weighted by atomic mass is 16.3. The zero-order valence-electron chi connectivity index (χ0n) is 24.4. The third-order valence-corrected chi connectivity index (χ3v) is 9.39. The average Bonchev–Trinajstić information content (AvgIpc) is 3.75. The summed E-state index contributed by atoms with van der Waals surface area (Å²) in [6.45, 7) is 0.657. The summed E-state index contributed by atoms with van der Waals surface area (Å²) in [6, 6.07) is 50.0. The van der Waals surface area contributed by atoms with Crippen LogP contribution in [-0.2, 0) is 6.54 Å². The molecule has 1 atom stereocenters. The van der Waals surface area contributed by atoms with Gasteiger partial charge in [-0.25, -0.2) is 0 Å². The van der Waals surface area contributed by atoms with Gasteiger partial charge in [-0.2, -0.15) is 0 Å². The molecule has 1 unspecified atom stereocenters. The molecule has 214 valence electrons. The maximum Gasteiger partial charge on any atom is 0.160 e. The molecular formula is C40H28N4O. The third kappa shape index (κ3) is 3.59. The van der Waals surface area contributed by atoms with E-state index in [0.29, 0.717) is 6.54 Å². The number of aromatic nitrogens is 2. The number of fused-ring (bicyclic) bond motifs is 9. The number of para-hydroxylation sites is 4. The summed E-state index contributed by atoms with van der Waals surface area (Å²) >= 11 is 0. The molecule has 1 aliphatic rings. The summed E-state index contributed by atoms with van der Waals surface area (Å²) in [4.78, 5) is 0. The van der Waals surface area contributed by atoms with Crippen molar-refractivity contribution in [2.45, 2.75) is 12.8 Å². The molecule has 0 spiro atoms. The molecule has 0 saturated heterocycles. The molecular weight excluding hydrogens is 552 g/mol. The molecule has 6 aromatic carbocycles. The van der Waals surface area contributed by atoms with Crippen molar-refractivity contribution in [1.82, 2.24) is 14.5 Å². The SMILES string of the molecule is c1ccc(-n2c3ccccc3c3cc(-c4ccc5c(c4)c4ccccc4n5C4NCc5oc6ccccc6c5N4)ccc32)cc1. The molecule has 0 saturated carbocycles. The Hall–Kier alpha value is -5.78. The molecule has 9 aromatic rings. The Balaban J connectivity index is 1.13. The lowest BCUT2D eigenvalue weighted by atomic mass is 10.0. The molecule has 0 aliphatic carbocycles. The Morgan fingerprint density at radius 3 is 1.91 bits per heavy atom. The van der Waals surface area contributed by atoms with Gasteiger partial charge in [-0.1, -0.05) is 78.9 Å². The van der Waals surface area contributed by atoms with E-state index >= 15 is 0 Å². The lowest BCUT2D eigenvalue weighted by molar-refractivity contribution is 0.410. The normalized spacial score (nSPS) is 14.9. The number of hydrogen-bond donors (Lipinski definition) is 2.